The average molecular weight is 307 g/mol. The van der Waals surface area contributed by atoms with Crippen LogP contribution in [0, 0.1) is 6.92 Å². The van der Waals surface area contributed by atoms with Gasteiger partial charge < -0.3 is 15.6 Å². The summed E-state index contributed by atoms with van der Waals surface area (Å²) < 4.78 is 38.1. The zero-order chi connectivity index (χ0) is 14.9. The zero-order valence-electron chi connectivity index (χ0n) is 10.4. The highest BCUT2D eigenvalue weighted by Gasteiger charge is 2.35. The first-order valence-corrected chi connectivity index (χ1v) is 5.80. The number of anilines is 3. The molecule has 6 nitrogen and oxygen atoms in total. The molecule has 0 aliphatic heterocycles. The molecule has 0 radical (unpaired) electrons. The topological polar surface area (TPSA) is 78.5 Å². The standard InChI is InChI=1S/C10H10ClF3N6/c1-4-17-6(11)8(18-4)20-9-16-3-5(10(12,13)14)7(15-2)19-9/h3H,1-2H3,(H,17,18)(H2,15,16,19,20). The maximum atomic E-state index is 12.7. The lowest BCUT2D eigenvalue weighted by Crippen LogP contribution is -2.12. The summed E-state index contributed by atoms with van der Waals surface area (Å²) in [7, 11) is 1.34. The molecule has 0 spiro atoms. The van der Waals surface area contributed by atoms with Gasteiger partial charge in [-0.25, -0.2) is 9.97 Å². The number of nitrogens with one attached hydrogen (secondary N) is 3. The predicted octanol–water partition coefficient (Wildman–Crippen LogP) is 2.97. The van der Waals surface area contributed by atoms with Gasteiger partial charge in [0.1, 0.15) is 23.0 Å². The number of nitrogens with zero attached hydrogens (tertiary/aromatic N) is 3. The molecule has 108 valence electrons. The molecule has 0 aromatic carbocycles. The van der Waals surface area contributed by atoms with Crippen molar-refractivity contribution < 1.29 is 13.2 Å². The Morgan fingerprint density at radius 3 is 2.50 bits per heavy atom. The SMILES string of the molecule is CNc1nc(Nc2[nH]c(C)nc2Cl)ncc1C(F)(F)F. The molecule has 0 amide bonds. The first-order valence-electron chi connectivity index (χ1n) is 5.42. The van der Waals surface area contributed by atoms with Gasteiger partial charge in [-0.2, -0.15) is 18.2 Å². The van der Waals surface area contributed by atoms with E-state index in [1.165, 1.54) is 7.05 Å². The Balaban J connectivity index is 2.33. The van der Waals surface area contributed by atoms with Crippen LogP contribution in [-0.2, 0) is 6.18 Å². The van der Waals surface area contributed by atoms with E-state index in [2.05, 4.69) is 30.6 Å². The summed E-state index contributed by atoms with van der Waals surface area (Å²) in [5.74, 6) is 0.500. The fourth-order valence-corrected chi connectivity index (χ4v) is 1.72. The summed E-state index contributed by atoms with van der Waals surface area (Å²) in [6, 6.07) is 0. The third-order valence-corrected chi connectivity index (χ3v) is 2.62. The molecular formula is C10H10ClF3N6. The van der Waals surface area contributed by atoms with Crippen molar-refractivity contribution in [2.24, 2.45) is 0 Å². The number of hydrogen-bond acceptors (Lipinski definition) is 5. The number of alkyl halides is 3. The highest BCUT2D eigenvalue weighted by molar-refractivity contribution is 6.31. The van der Waals surface area contributed by atoms with Crippen LogP contribution in [0.1, 0.15) is 11.4 Å². The largest absolute Gasteiger partial charge is 0.421 e. The first kappa shape index (κ1) is 14.4. The van der Waals surface area contributed by atoms with E-state index >= 15 is 0 Å². The third-order valence-electron chi connectivity index (χ3n) is 2.35. The Morgan fingerprint density at radius 1 is 1.30 bits per heavy atom. The lowest BCUT2D eigenvalue weighted by molar-refractivity contribution is -0.137. The van der Waals surface area contributed by atoms with Gasteiger partial charge in [0.25, 0.3) is 0 Å². The number of aromatic amines is 1. The Kier molecular flexibility index (Phi) is 3.71. The summed E-state index contributed by atoms with van der Waals surface area (Å²) in [5.41, 5.74) is -0.947. The van der Waals surface area contributed by atoms with Gasteiger partial charge in [-0.05, 0) is 6.92 Å². The smallest absolute Gasteiger partial charge is 0.372 e. The maximum Gasteiger partial charge on any atom is 0.421 e. The molecule has 0 aliphatic rings. The average Bonchev–Trinajstić information content (AvgIpc) is 2.66. The number of aromatic nitrogens is 4. The Hall–Kier alpha value is -2.03. The molecule has 2 aromatic heterocycles. The van der Waals surface area contributed by atoms with E-state index < -0.39 is 11.7 Å². The number of rotatable bonds is 3. The molecule has 0 saturated heterocycles. The number of imidazole rings is 1. The van der Waals surface area contributed by atoms with Gasteiger partial charge >= 0.3 is 6.18 Å². The molecule has 0 unspecified atom stereocenters. The summed E-state index contributed by atoms with van der Waals surface area (Å²) in [6.45, 7) is 1.68. The van der Waals surface area contributed by atoms with Crippen LogP contribution in [0.5, 0.6) is 0 Å². The van der Waals surface area contributed by atoms with E-state index in [4.69, 9.17) is 11.6 Å². The fraction of sp³-hybridized carbons (Fsp3) is 0.300. The molecule has 20 heavy (non-hydrogen) atoms. The molecule has 2 heterocycles. The minimum atomic E-state index is -4.53. The van der Waals surface area contributed by atoms with Crippen molar-refractivity contribution in [2.45, 2.75) is 13.1 Å². The summed E-state index contributed by atoms with van der Waals surface area (Å²) >= 11 is 5.82. The van der Waals surface area contributed by atoms with E-state index in [-0.39, 0.29) is 16.9 Å². The molecule has 0 aliphatic carbocycles. The quantitative estimate of drug-likeness (QED) is 0.812. The predicted molar refractivity (Wildman–Crippen MR) is 68.2 cm³/mol. The van der Waals surface area contributed by atoms with Crippen LogP contribution in [0.25, 0.3) is 0 Å². The van der Waals surface area contributed by atoms with Crippen molar-refractivity contribution in [3.63, 3.8) is 0 Å². The van der Waals surface area contributed by atoms with Crippen molar-refractivity contribution in [3.05, 3.63) is 22.7 Å². The van der Waals surface area contributed by atoms with Crippen molar-refractivity contribution in [1.29, 1.82) is 0 Å². The molecule has 10 heteroatoms. The van der Waals surface area contributed by atoms with Gasteiger partial charge in [-0.15, -0.1) is 0 Å². The van der Waals surface area contributed by atoms with Gasteiger partial charge in [-0.3, -0.25) is 0 Å². The van der Waals surface area contributed by atoms with E-state index in [1.54, 1.807) is 6.92 Å². The van der Waals surface area contributed by atoms with Crippen LogP contribution in [0.3, 0.4) is 0 Å². The van der Waals surface area contributed by atoms with Crippen LogP contribution >= 0.6 is 11.6 Å². The van der Waals surface area contributed by atoms with Crippen LogP contribution in [0.4, 0.5) is 30.8 Å². The van der Waals surface area contributed by atoms with Gasteiger partial charge in [0.15, 0.2) is 5.15 Å². The normalized spacial score (nSPS) is 11.5. The lowest BCUT2D eigenvalue weighted by Gasteiger charge is -2.12. The van der Waals surface area contributed by atoms with E-state index in [0.29, 0.717) is 17.8 Å². The molecule has 0 atom stereocenters. The summed E-state index contributed by atoms with van der Waals surface area (Å²) in [5, 5.41) is 5.20. The Morgan fingerprint density at radius 2 is 2.00 bits per heavy atom. The molecule has 0 fully saturated rings. The minimum Gasteiger partial charge on any atom is -0.372 e. The van der Waals surface area contributed by atoms with E-state index in [0.717, 1.165) is 0 Å². The molecule has 0 saturated carbocycles. The zero-order valence-corrected chi connectivity index (χ0v) is 11.2. The van der Waals surface area contributed by atoms with Gasteiger partial charge in [0.2, 0.25) is 5.95 Å². The summed E-state index contributed by atoms with van der Waals surface area (Å²) in [4.78, 5) is 14.1. The van der Waals surface area contributed by atoms with Crippen LogP contribution < -0.4 is 10.6 Å². The number of H-pyrrole nitrogens is 1. The highest BCUT2D eigenvalue weighted by atomic mass is 35.5. The third kappa shape index (κ3) is 2.93. The monoisotopic (exact) mass is 306 g/mol. The van der Waals surface area contributed by atoms with Crippen molar-refractivity contribution in [3.8, 4) is 0 Å². The number of halogens is 4. The van der Waals surface area contributed by atoms with Gasteiger partial charge in [0.05, 0.1) is 0 Å². The van der Waals surface area contributed by atoms with E-state index in [9.17, 15) is 13.2 Å². The number of aryl methyl sites for hydroxylation is 1. The second-order valence-corrected chi connectivity index (χ2v) is 4.17. The van der Waals surface area contributed by atoms with Gasteiger partial charge in [-0.1, -0.05) is 11.6 Å². The highest BCUT2D eigenvalue weighted by Crippen LogP contribution is 2.34. The molecular weight excluding hydrogens is 297 g/mol. The van der Waals surface area contributed by atoms with Crippen LogP contribution in [0.2, 0.25) is 5.15 Å². The Bertz CT molecular complexity index is 624. The lowest BCUT2D eigenvalue weighted by atomic mass is 10.3. The van der Waals surface area contributed by atoms with Crippen LogP contribution in [-0.4, -0.2) is 27.0 Å². The summed E-state index contributed by atoms with van der Waals surface area (Å²) in [6.07, 6.45) is -3.84. The van der Waals surface area contributed by atoms with E-state index in [1.807, 2.05) is 0 Å². The minimum absolute atomic E-state index is 0.0344. The molecule has 2 rings (SSSR count). The van der Waals surface area contributed by atoms with Crippen molar-refractivity contribution in [2.75, 3.05) is 17.7 Å². The van der Waals surface area contributed by atoms with Gasteiger partial charge in [0, 0.05) is 13.2 Å². The maximum absolute atomic E-state index is 12.7. The van der Waals surface area contributed by atoms with Crippen LogP contribution in [0.15, 0.2) is 6.20 Å². The Labute approximate surface area is 116 Å². The second kappa shape index (κ2) is 5.16. The first-order chi connectivity index (χ1) is 9.31. The fourth-order valence-electron chi connectivity index (χ4n) is 1.50. The molecule has 3 N–H and O–H groups in total. The molecule has 2 aromatic rings. The van der Waals surface area contributed by atoms with Crippen molar-refractivity contribution in [1.82, 2.24) is 19.9 Å². The number of hydrogen-bond donors (Lipinski definition) is 3. The molecule has 0 bridgehead atoms. The van der Waals surface area contributed by atoms with Crippen molar-refractivity contribution >= 4 is 29.2 Å². The second-order valence-electron chi connectivity index (χ2n) is 3.82.